The Balaban J connectivity index is 2.24. The van der Waals surface area contributed by atoms with Crippen molar-refractivity contribution in [2.24, 2.45) is 5.92 Å². The molecule has 0 amide bonds. The van der Waals surface area contributed by atoms with E-state index in [1.54, 1.807) is 6.07 Å². The van der Waals surface area contributed by atoms with Gasteiger partial charge < -0.3 is 14.8 Å². The summed E-state index contributed by atoms with van der Waals surface area (Å²) in [6, 6.07) is 4.89. The van der Waals surface area contributed by atoms with Gasteiger partial charge in [0, 0.05) is 24.9 Å². The second-order valence-electron chi connectivity index (χ2n) is 4.80. The van der Waals surface area contributed by atoms with Crippen LogP contribution < -0.4 is 10.1 Å². The van der Waals surface area contributed by atoms with Crippen molar-refractivity contribution in [3.8, 4) is 5.75 Å². The van der Waals surface area contributed by atoms with Crippen LogP contribution in [0, 0.1) is 11.7 Å². The van der Waals surface area contributed by atoms with Crippen LogP contribution in [0.5, 0.6) is 5.75 Å². The van der Waals surface area contributed by atoms with Crippen LogP contribution in [0.4, 0.5) is 10.1 Å². The van der Waals surface area contributed by atoms with Gasteiger partial charge in [0.1, 0.15) is 0 Å². The number of rotatable bonds is 9. The first-order chi connectivity index (χ1) is 9.13. The van der Waals surface area contributed by atoms with E-state index < -0.39 is 0 Å². The first-order valence-electron chi connectivity index (χ1n) is 6.87. The van der Waals surface area contributed by atoms with Gasteiger partial charge in [-0.15, -0.1) is 0 Å². The number of hydrogen-bond acceptors (Lipinski definition) is 3. The Labute approximate surface area is 115 Å². The fourth-order valence-electron chi connectivity index (χ4n) is 1.57. The van der Waals surface area contributed by atoms with E-state index in [0.29, 0.717) is 31.4 Å². The van der Waals surface area contributed by atoms with Crippen molar-refractivity contribution in [2.45, 2.75) is 27.2 Å². The third-order valence-electron chi connectivity index (χ3n) is 2.65. The molecular weight excluding hydrogens is 245 g/mol. The fourth-order valence-corrected chi connectivity index (χ4v) is 1.57. The number of anilines is 1. The van der Waals surface area contributed by atoms with Crippen LogP contribution in [0.2, 0.25) is 0 Å². The van der Waals surface area contributed by atoms with Gasteiger partial charge in [-0.25, -0.2) is 4.39 Å². The van der Waals surface area contributed by atoms with Gasteiger partial charge in [-0.3, -0.25) is 0 Å². The Hall–Kier alpha value is -1.29. The quantitative estimate of drug-likeness (QED) is 0.693. The molecule has 3 nitrogen and oxygen atoms in total. The van der Waals surface area contributed by atoms with Crippen LogP contribution in [0.25, 0.3) is 0 Å². The zero-order chi connectivity index (χ0) is 14.1. The molecule has 1 aromatic carbocycles. The minimum Gasteiger partial charge on any atom is -0.491 e. The molecule has 0 unspecified atom stereocenters. The maximum Gasteiger partial charge on any atom is 0.167 e. The summed E-state index contributed by atoms with van der Waals surface area (Å²) in [5.41, 5.74) is 0.744. The highest BCUT2D eigenvalue weighted by Gasteiger charge is 2.03. The molecule has 0 atom stereocenters. The highest BCUT2D eigenvalue weighted by atomic mass is 19.1. The zero-order valence-electron chi connectivity index (χ0n) is 12.0. The summed E-state index contributed by atoms with van der Waals surface area (Å²) in [4.78, 5) is 0. The average Bonchev–Trinajstić information content (AvgIpc) is 2.36. The third-order valence-corrected chi connectivity index (χ3v) is 2.65. The van der Waals surface area contributed by atoms with E-state index in [1.807, 2.05) is 13.0 Å². The molecule has 0 spiro atoms. The number of ether oxygens (including phenoxy) is 2. The van der Waals surface area contributed by atoms with Gasteiger partial charge in [0.25, 0.3) is 0 Å². The lowest BCUT2D eigenvalue weighted by Crippen LogP contribution is -2.11. The highest BCUT2D eigenvalue weighted by molar-refractivity contribution is 5.47. The van der Waals surface area contributed by atoms with Gasteiger partial charge in [0.15, 0.2) is 11.6 Å². The van der Waals surface area contributed by atoms with Crippen molar-refractivity contribution in [1.82, 2.24) is 0 Å². The normalized spacial score (nSPS) is 10.8. The molecule has 19 heavy (non-hydrogen) atoms. The topological polar surface area (TPSA) is 30.5 Å². The summed E-state index contributed by atoms with van der Waals surface area (Å²) in [6.45, 7) is 8.71. The summed E-state index contributed by atoms with van der Waals surface area (Å²) in [5, 5.41) is 3.12. The number of benzene rings is 1. The SMILES string of the molecule is CCOc1ccc(NCCOCCC(C)C)cc1F. The van der Waals surface area contributed by atoms with Crippen molar-refractivity contribution >= 4 is 5.69 Å². The Bertz CT molecular complexity index is 369. The minimum atomic E-state index is -0.340. The molecule has 0 aromatic heterocycles. The summed E-state index contributed by atoms with van der Waals surface area (Å²) in [5.74, 6) is 0.613. The smallest absolute Gasteiger partial charge is 0.167 e. The molecule has 0 saturated carbocycles. The van der Waals surface area contributed by atoms with Gasteiger partial charge in [-0.2, -0.15) is 0 Å². The molecule has 1 aromatic rings. The van der Waals surface area contributed by atoms with Crippen LogP contribution in [0.3, 0.4) is 0 Å². The first kappa shape index (κ1) is 15.8. The molecule has 108 valence electrons. The molecule has 4 heteroatoms. The minimum absolute atomic E-state index is 0.293. The van der Waals surface area contributed by atoms with Crippen LogP contribution >= 0.6 is 0 Å². The van der Waals surface area contributed by atoms with Gasteiger partial charge in [0.2, 0.25) is 0 Å². The van der Waals surface area contributed by atoms with Gasteiger partial charge in [-0.05, 0) is 31.4 Å². The lowest BCUT2D eigenvalue weighted by atomic mass is 10.1. The van der Waals surface area contributed by atoms with Crippen LogP contribution in [-0.4, -0.2) is 26.4 Å². The predicted molar refractivity (Wildman–Crippen MR) is 76.3 cm³/mol. The molecule has 0 radical (unpaired) electrons. The molecular formula is C15H24FNO2. The van der Waals surface area contributed by atoms with Crippen molar-refractivity contribution in [3.05, 3.63) is 24.0 Å². The van der Waals surface area contributed by atoms with E-state index in [1.165, 1.54) is 6.07 Å². The lowest BCUT2D eigenvalue weighted by Gasteiger charge is -2.10. The van der Waals surface area contributed by atoms with Crippen molar-refractivity contribution in [3.63, 3.8) is 0 Å². The summed E-state index contributed by atoms with van der Waals surface area (Å²) < 4.78 is 24.2. The number of hydrogen-bond donors (Lipinski definition) is 1. The largest absolute Gasteiger partial charge is 0.491 e. The summed E-state index contributed by atoms with van der Waals surface area (Å²) in [7, 11) is 0. The van der Waals surface area contributed by atoms with Crippen molar-refractivity contribution < 1.29 is 13.9 Å². The molecule has 1 rings (SSSR count). The zero-order valence-corrected chi connectivity index (χ0v) is 12.0. The maximum atomic E-state index is 13.6. The molecule has 0 heterocycles. The first-order valence-corrected chi connectivity index (χ1v) is 6.87. The molecule has 0 aliphatic rings. The Morgan fingerprint density at radius 1 is 1.26 bits per heavy atom. The van der Waals surface area contributed by atoms with E-state index in [0.717, 1.165) is 18.7 Å². The standard InChI is InChI=1S/C15H24FNO2/c1-4-19-15-6-5-13(11-14(15)16)17-8-10-18-9-7-12(2)3/h5-6,11-12,17H,4,7-10H2,1-3H3. The molecule has 1 N–H and O–H groups in total. The Morgan fingerprint density at radius 2 is 2.05 bits per heavy atom. The highest BCUT2D eigenvalue weighted by Crippen LogP contribution is 2.20. The van der Waals surface area contributed by atoms with Crippen molar-refractivity contribution in [1.29, 1.82) is 0 Å². The molecule has 0 fully saturated rings. The Kier molecular flexibility index (Phi) is 7.26. The van der Waals surface area contributed by atoms with Crippen LogP contribution in [-0.2, 0) is 4.74 Å². The van der Waals surface area contributed by atoms with Gasteiger partial charge in [0.05, 0.1) is 13.2 Å². The van der Waals surface area contributed by atoms with E-state index in [-0.39, 0.29) is 5.82 Å². The number of nitrogens with one attached hydrogen (secondary N) is 1. The van der Waals surface area contributed by atoms with Gasteiger partial charge >= 0.3 is 0 Å². The fraction of sp³-hybridized carbons (Fsp3) is 0.600. The molecule has 0 aliphatic carbocycles. The predicted octanol–water partition coefficient (Wildman–Crippen LogP) is 3.70. The maximum absolute atomic E-state index is 13.6. The molecule has 0 bridgehead atoms. The van der Waals surface area contributed by atoms with E-state index in [4.69, 9.17) is 9.47 Å². The lowest BCUT2D eigenvalue weighted by molar-refractivity contribution is 0.132. The number of halogens is 1. The third kappa shape index (κ3) is 6.43. The van der Waals surface area contributed by atoms with E-state index >= 15 is 0 Å². The van der Waals surface area contributed by atoms with Crippen LogP contribution in [0.15, 0.2) is 18.2 Å². The molecule has 0 aliphatic heterocycles. The second kappa shape index (κ2) is 8.75. The second-order valence-corrected chi connectivity index (χ2v) is 4.80. The summed E-state index contributed by atoms with van der Waals surface area (Å²) in [6.07, 6.45) is 1.07. The van der Waals surface area contributed by atoms with Gasteiger partial charge in [-0.1, -0.05) is 13.8 Å². The van der Waals surface area contributed by atoms with Crippen LogP contribution in [0.1, 0.15) is 27.2 Å². The molecule has 0 saturated heterocycles. The van der Waals surface area contributed by atoms with E-state index in [2.05, 4.69) is 19.2 Å². The van der Waals surface area contributed by atoms with Crippen molar-refractivity contribution in [2.75, 3.05) is 31.7 Å². The average molecular weight is 269 g/mol. The monoisotopic (exact) mass is 269 g/mol. The summed E-state index contributed by atoms with van der Waals surface area (Å²) >= 11 is 0. The Morgan fingerprint density at radius 3 is 2.68 bits per heavy atom. The van der Waals surface area contributed by atoms with E-state index in [9.17, 15) is 4.39 Å².